The van der Waals surface area contributed by atoms with Gasteiger partial charge in [-0.1, -0.05) is 0 Å². The van der Waals surface area contributed by atoms with E-state index < -0.39 is 10.0 Å². The first-order valence-electron chi connectivity index (χ1n) is 7.18. The molecule has 1 aromatic rings. The Balaban J connectivity index is 1.96. The molecule has 0 saturated carbocycles. The van der Waals surface area contributed by atoms with E-state index in [1.165, 1.54) is 12.1 Å². The molecule has 122 valence electrons. The number of anilines is 1. The van der Waals surface area contributed by atoms with Crippen molar-refractivity contribution in [3.8, 4) is 0 Å². The first-order chi connectivity index (χ1) is 10.3. The fourth-order valence-electron chi connectivity index (χ4n) is 2.47. The summed E-state index contributed by atoms with van der Waals surface area (Å²) in [4.78, 5) is 16.0. The van der Waals surface area contributed by atoms with Crippen molar-refractivity contribution in [2.75, 3.05) is 31.1 Å². The zero-order chi connectivity index (χ0) is 16.3. The van der Waals surface area contributed by atoms with Gasteiger partial charge in [0.2, 0.25) is 15.9 Å². The quantitative estimate of drug-likeness (QED) is 0.791. The van der Waals surface area contributed by atoms with E-state index in [0.29, 0.717) is 32.6 Å². The van der Waals surface area contributed by atoms with E-state index in [-0.39, 0.29) is 16.8 Å². The molecule has 0 bridgehead atoms. The van der Waals surface area contributed by atoms with Gasteiger partial charge in [-0.05, 0) is 31.2 Å². The van der Waals surface area contributed by atoms with Crippen LogP contribution in [-0.2, 0) is 14.8 Å². The number of nitrogens with zero attached hydrogens (tertiary/aromatic N) is 2. The van der Waals surface area contributed by atoms with Crippen molar-refractivity contribution >= 4 is 21.6 Å². The number of primary sulfonamides is 1. The van der Waals surface area contributed by atoms with E-state index in [9.17, 15) is 13.2 Å². The minimum atomic E-state index is -3.67. The minimum absolute atomic E-state index is 0.0826. The standard InChI is InChI=1S/C14H22N4O3S/c1-11(15)10-14(19)18-8-6-17(7-9-18)12-2-4-13(5-3-12)22(16,20)21/h2-5,11H,6-10,15H2,1H3,(H2,16,20,21). The lowest BCUT2D eigenvalue weighted by Gasteiger charge is -2.36. The molecule has 4 N–H and O–H groups in total. The summed E-state index contributed by atoms with van der Waals surface area (Å²) in [6.45, 7) is 4.52. The lowest BCUT2D eigenvalue weighted by atomic mass is 10.2. The molecule has 0 radical (unpaired) electrons. The number of rotatable bonds is 4. The molecule has 0 aromatic heterocycles. The van der Waals surface area contributed by atoms with Crippen LogP contribution >= 0.6 is 0 Å². The van der Waals surface area contributed by atoms with Gasteiger partial charge >= 0.3 is 0 Å². The molecule has 1 atom stereocenters. The Kier molecular flexibility index (Phi) is 5.05. The molecule has 8 heteroatoms. The molecule has 1 fully saturated rings. The van der Waals surface area contributed by atoms with Crippen molar-refractivity contribution in [2.24, 2.45) is 10.9 Å². The number of amides is 1. The van der Waals surface area contributed by atoms with E-state index in [1.54, 1.807) is 12.1 Å². The second-order valence-electron chi connectivity index (χ2n) is 5.59. The van der Waals surface area contributed by atoms with E-state index in [2.05, 4.69) is 4.90 Å². The number of nitrogens with two attached hydrogens (primary N) is 2. The van der Waals surface area contributed by atoms with Crippen molar-refractivity contribution in [1.82, 2.24) is 4.90 Å². The van der Waals surface area contributed by atoms with Crippen molar-refractivity contribution in [3.05, 3.63) is 24.3 Å². The number of carbonyl (C=O) groups is 1. The fourth-order valence-corrected chi connectivity index (χ4v) is 2.98. The minimum Gasteiger partial charge on any atom is -0.368 e. The number of sulfonamides is 1. The Morgan fingerprint density at radius 2 is 1.73 bits per heavy atom. The number of hydrogen-bond donors (Lipinski definition) is 2. The van der Waals surface area contributed by atoms with E-state index in [0.717, 1.165) is 5.69 Å². The van der Waals surface area contributed by atoms with Gasteiger partial charge in [0.05, 0.1) is 4.90 Å². The molecule has 7 nitrogen and oxygen atoms in total. The SMILES string of the molecule is CC(N)CC(=O)N1CCN(c2ccc(S(N)(=O)=O)cc2)CC1. The van der Waals surface area contributed by atoms with Gasteiger partial charge in [0.1, 0.15) is 0 Å². The summed E-state index contributed by atoms with van der Waals surface area (Å²) in [5, 5.41) is 5.08. The maximum absolute atomic E-state index is 12.0. The van der Waals surface area contributed by atoms with Crippen LogP contribution in [0.2, 0.25) is 0 Å². The Bertz CT molecular complexity index is 620. The normalized spacial score (nSPS) is 17.4. The lowest BCUT2D eigenvalue weighted by Crippen LogP contribution is -2.49. The van der Waals surface area contributed by atoms with Crippen LogP contribution in [0.25, 0.3) is 0 Å². The number of piperazine rings is 1. The predicted molar refractivity (Wildman–Crippen MR) is 84.9 cm³/mol. The summed E-state index contributed by atoms with van der Waals surface area (Å²) in [6.07, 6.45) is 0.364. The maximum Gasteiger partial charge on any atom is 0.238 e. The molecule has 0 spiro atoms. The number of hydrogen-bond acceptors (Lipinski definition) is 5. The van der Waals surface area contributed by atoms with Crippen molar-refractivity contribution in [2.45, 2.75) is 24.3 Å². The van der Waals surface area contributed by atoms with Crippen LogP contribution in [0.5, 0.6) is 0 Å². The molecule has 0 aliphatic carbocycles. The molecule has 1 amide bonds. The van der Waals surface area contributed by atoms with Crippen LogP contribution in [-0.4, -0.2) is 51.4 Å². The van der Waals surface area contributed by atoms with Gasteiger partial charge in [0, 0.05) is 44.3 Å². The number of carbonyl (C=O) groups excluding carboxylic acids is 1. The Labute approximate surface area is 130 Å². The van der Waals surface area contributed by atoms with Crippen molar-refractivity contribution in [1.29, 1.82) is 0 Å². The van der Waals surface area contributed by atoms with Gasteiger partial charge in [-0.3, -0.25) is 4.79 Å². The smallest absolute Gasteiger partial charge is 0.238 e. The zero-order valence-electron chi connectivity index (χ0n) is 12.6. The summed E-state index contributed by atoms with van der Waals surface area (Å²) in [5.74, 6) is 0.0826. The second kappa shape index (κ2) is 6.64. The molecule has 1 heterocycles. The molecule has 1 aliphatic heterocycles. The fraction of sp³-hybridized carbons (Fsp3) is 0.500. The highest BCUT2D eigenvalue weighted by molar-refractivity contribution is 7.89. The Morgan fingerprint density at radius 3 is 2.18 bits per heavy atom. The average Bonchev–Trinajstić information content (AvgIpc) is 2.46. The highest BCUT2D eigenvalue weighted by Crippen LogP contribution is 2.19. The molecule has 2 rings (SSSR count). The van der Waals surface area contributed by atoms with Gasteiger partial charge in [-0.25, -0.2) is 13.6 Å². The lowest BCUT2D eigenvalue weighted by molar-refractivity contribution is -0.131. The van der Waals surface area contributed by atoms with Crippen LogP contribution in [0.4, 0.5) is 5.69 Å². The highest BCUT2D eigenvalue weighted by Gasteiger charge is 2.22. The summed E-state index contributed by atoms with van der Waals surface area (Å²) in [6, 6.07) is 6.34. The first kappa shape index (κ1) is 16.7. The van der Waals surface area contributed by atoms with Crippen LogP contribution in [0, 0.1) is 0 Å². The summed E-state index contributed by atoms with van der Waals surface area (Å²) < 4.78 is 22.5. The average molecular weight is 326 g/mol. The van der Waals surface area contributed by atoms with Gasteiger partial charge < -0.3 is 15.5 Å². The Morgan fingerprint density at radius 1 is 1.18 bits per heavy atom. The maximum atomic E-state index is 12.0. The molecule has 1 unspecified atom stereocenters. The second-order valence-corrected chi connectivity index (χ2v) is 7.15. The van der Waals surface area contributed by atoms with E-state index in [4.69, 9.17) is 10.9 Å². The van der Waals surface area contributed by atoms with Gasteiger partial charge in [-0.15, -0.1) is 0 Å². The summed E-state index contributed by atoms with van der Waals surface area (Å²) in [5.41, 5.74) is 6.57. The van der Waals surface area contributed by atoms with Crippen LogP contribution in [0.3, 0.4) is 0 Å². The van der Waals surface area contributed by atoms with Gasteiger partial charge in [0.15, 0.2) is 0 Å². The summed E-state index contributed by atoms with van der Waals surface area (Å²) in [7, 11) is -3.67. The van der Waals surface area contributed by atoms with Gasteiger partial charge in [0.25, 0.3) is 0 Å². The van der Waals surface area contributed by atoms with E-state index in [1.807, 2.05) is 11.8 Å². The first-order valence-corrected chi connectivity index (χ1v) is 8.73. The van der Waals surface area contributed by atoms with Crippen molar-refractivity contribution < 1.29 is 13.2 Å². The Hall–Kier alpha value is -1.64. The highest BCUT2D eigenvalue weighted by atomic mass is 32.2. The molecule has 1 aromatic carbocycles. The number of benzene rings is 1. The molecule has 22 heavy (non-hydrogen) atoms. The third-order valence-corrected chi connectivity index (χ3v) is 4.59. The van der Waals surface area contributed by atoms with Gasteiger partial charge in [-0.2, -0.15) is 0 Å². The zero-order valence-corrected chi connectivity index (χ0v) is 13.4. The monoisotopic (exact) mass is 326 g/mol. The van der Waals surface area contributed by atoms with Crippen molar-refractivity contribution in [3.63, 3.8) is 0 Å². The summed E-state index contributed by atoms with van der Waals surface area (Å²) >= 11 is 0. The molecular weight excluding hydrogens is 304 g/mol. The molecular formula is C14H22N4O3S. The van der Waals surface area contributed by atoms with E-state index >= 15 is 0 Å². The third kappa shape index (κ3) is 4.19. The molecule has 1 aliphatic rings. The third-order valence-electron chi connectivity index (χ3n) is 3.66. The largest absolute Gasteiger partial charge is 0.368 e. The van der Waals surface area contributed by atoms with Crippen LogP contribution in [0.1, 0.15) is 13.3 Å². The molecule has 1 saturated heterocycles. The van der Waals surface area contributed by atoms with Crippen LogP contribution in [0.15, 0.2) is 29.2 Å². The predicted octanol–water partition coefficient (Wildman–Crippen LogP) is -0.280. The van der Waals surface area contributed by atoms with Crippen LogP contribution < -0.4 is 15.8 Å². The topological polar surface area (TPSA) is 110 Å².